The predicted octanol–water partition coefficient (Wildman–Crippen LogP) is 2.11. The van der Waals surface area contributed by atoms with Gasteiger partial charge in [0.15, 0.2) is 11.5 Å². The molecule has 0 spiro atoms. The number of hydrogen-bond acceptors (Lipinski definition) is 7. The van der Waals surface area contributed by atoms with Gasteiger partial charge in [0.05, 0.1) is 12.4 Å². The molecule has 0 saturated carbocycles. The number of nitrogens with one attached hydrogen (secondary N) is 1. The summed E-state index contributed by atoms with van der Waals surface area (Å²) in [6.45, 7) is 3.35. The topological polar surface area (TPSA) is 121 Å². The van der Waals surface area contributed by atoms with Crippen LogP contribution in [0.5, 0.6) is 5.75 Å². The SMILES string of the molecule is C=Cc1nc(C(=O)NCc2ccccc2OC(F)(F)F)c(N)nc1-n1nccn1. The molecule has 0 fully saturated rings. The van der Waals surface area contributed by atoms with Crippen molar-refractivity contribution in [1.29, 1.82) is 0 Å². The number of hydrogen-bond donors (Lipinski definition) is 2. The van der Waals surface area contributed by atoms with Crippen molar-refractivity contribution in [2.45, 2.75) is 12.9 Å². The molecule has 0 bridgehead atoms. The normalized spacial score (nSPS) is 11.1. The zero-order chi connectivity index (χ0) is 21.0. The maximum Gasteiger partial charge on any atom is 0.573 e. The van der Waals surface area contributed by atoms with E-state index in [1.54, 1.807) is 0 Å². The Bertz CT molecular complexity index is 1040. The van der Waals surface area contributed by atoms with Gasteiger partial charge in [0.1, 0.15) is 11.4 Å². The van der Waals surface area contributed by atoms with Gasteiger partial charge in [-0.3, -0.25) is 4.79 Å². The molecule has 3 N–H and O–H groups in total. The van der Waals surface area contributed by atoms with Crippen LogP contribution in [0.4, 0.5) is 19.0 Å². The number of ether oxygens (including phenoxy) is 1. The maximum absolute atomic E-state index is 12.5. The first kappa shape index (κ1) is 19.8. The van der Waals surface area contributed by atoms with Gasteiger partial charge in [-0.2, -0.15) is 10.2 Å². The fourth-order valence-corrected chi connectivity index (χ4v) is 2.36. The summed E-state index contributed by atoms with van der Waals surface area (Å²) in [4.78, 5) is 21.8. The van der Waals surface area contributed by atoms with Gasteiger partial charge in [-0.1, -0.05) is 24.8 Å². The third-order valence-electron chi connectivity index (χ3n) is 3.58. The van der Waals surface area contributed by atoms with E-state index in [1.807, 2.05) is 0 Å². The van der Waals surface area contributed by atoms with Gasteiger partial charge in [0.25, 0.3) is 5.91 Å². The van der Waals surface area contributed by atoms with Gasteiger partial charge in [0.2, 0.25) is 5.82 Å². The van der Waals surface area contributed by atoms with Crippen molar-refractivity contribution in [2.24, 2.45) is 0 Å². The van der Waals surface area contributed by atoms with E-state index in [9.17, 15) is 18.0 Å². The van der Waals surface area contributed by atoms with Crippen molar-refractivity contribution >= 4 is 17.8 Å². The van der Waals surface area contributed by atoms with Crippen LogP contribution in [-0.4, -0.2) is 37.2 Å². The summed E-state index contributed by atoms with van der Waals surface area (Å²) in [6, 6.07) is 5.43. The Morgan fingerprint density at radius 1 is 1.24 bits per heavy atom. The van der Waals surface area contributed by atoms with Gasteiger partial charge in [0, 0.05) is 12.1 Å². The Kier molecular flexibility index (Phi) is 5.43. The molecule has 0 aliphatic heterocycles. The van der Waals surface area contributed by atoms with Crippen molar-refractivity contribution in [2.75, 3.05) is 5.73 Å². The second kappa shape index (κ2) is 7.96. The Morgan fingerprint density at radius 3 is 2.59 bits per heavy atom. The average molecular weight is 405 g/mol. The summed E-state index contributed by atoms with van der Waals surface area (Å²) < 4.78 is 41.5. The molecule has 0 radical (unpaired) electrons. The molecule has 0 unspecified atom stereocenters. The molecule has 12 heteroatoms. The van der Waals surface area contributed by atoms with E-state index in [-0.39, 0.29) is 35.1 Å². The number of aromatic nitrogens is 5. The van der Waals surface area contributed by atoms with Crippen molar-refractivity contribution < 1.29 is 22.7 Å². The first-order valence-electron chi connectivity index (χ1n) is 8.07. The third kappa shape index (κ3) is 4.66. The van der Waals surface area contributed by atoms with Crippen LogP contribution in [0.2, 0.25) is 0 Å². The predicted molar refractivity (Wildman–Crippen MR) is 95.7 cm³/mol. The van der Waals surface area contributed by atoms with Gasteiger partial charge in [-0.15, -0.1) is 18.0 Å². The maximum atomic E-state index is 12.5. The number of alkyl halides is 3. The van der Waals surface area contributed by atoms with Crippen molar-refractivity contribution in [3.05, 3.63) is 60.2 Å². The van der Waals surface area contributed by atoms with Crippen LogP contribution in [0.25, 0.3) is 11.9 Å². The lowest BCUT2D eigenvalue weighted by molar-refractivity contribution is -0.274. The Balaban J connectivity index is 1.81. The van der Waals surface area contributed by atoms with E-state index >= 15 is 0 Å². The van der Waals surface area contributed by atoms with E-state index in [0.29, 0.717) is 0 Å². The highest BCUT2D eigenvalue weighted by atomic mass is 19.4. The van der Waals surface area contributed by atoms with E-state index in [2.05, 4.69) is 36.8 Å². The van der Waals surface area contributed by atoms with Gasteiger partial charge < -0.3 is 15.8 Å². The van der Waals surface area contributed by atoms with Crippen molar-refractivity contribution in [3.8, 4) is 11.6 Å². The molecule has 0 atom stereocenters. The zero-order valence-electron chi connectivity index (χ0n) is 14.7. The number of para-hydroxylation sites is 1. The van der Waals surface area contributed by atoms with Crippen LogP contribution in [-0.2, 0) is 6.54 Å². The van der Waals surface area contributed by atoms with Crippen molar-refractivity contribution in [1.82, 2.24) is 30.3 Å². The molecular formula is C17H14F3N7O2. The summed E-state index contributed by atoms with van der Waals surface area (Å²) in [5, 5.41) is 10.3. The molecule has 2 heterocycles. The minimum atomic E-state index is -4.86. The van der Waals surface area contributed by atoms with Crippen LogP contribution in [0.15, 0.2) is 43.2 Å². The molecule has 2 aromatic heterocycles. The minimum absolute atomic E-state index is 0.117. The highest BCUT2D eigenvalue weighted by Gasteiger charge is 2.32. The molecule has 0 saturated heterocycles. The van der Waals surface area contributed by atoms with Crippen molar-refractivity contribution in [3.63, 3.8) is 0 Å². The quantitative estimate of drug-likeness (QED) is 0.644. The number of carbonyl (C=O) groups excluding carboxylic acids is 1. The summed E-state index contributed by atoms with van der Waals surface area (Å²) in [5.41, 5.74) is 5.92. The molecule has 0 aliphatic rings. The highest BCUT2D eigenvalue weighted by Crippen LogP contribution is 2.26. The third-order valence-corrected chi connectivity index (χ3v) is 3.58. The fourth-order valence-electron chi connectivity index (χ4n) is 2.36. The second-order valence-electron chi connectivity index (χ2n) is 5.53. The second-order valence-corrected chi connectivity index (χ2v) is 5.53. The summed E-state index contributed by atoms with van der Waals surface area (Å²) in [5.74, 6) is -1.20. The van der Waals surface area contributed by atoms with Gasteiger partial charge >= 0.3 is 6.36 Å². The standard InChI is InChI=1S/C17H14F3N7O2/c1-2-11-15(27-23-7-8-24-27)26-14(21)13(25-11)16(28)22-9-10-5-3-4-6-12(10)29-17(18,19)20/h2-8H,1,9H2,(H2,21,26)(H,22,28). The number of halogens is 3. The largest absolute Gasteiger partial charge is 0.573 e. The molecule has 3 rings (SSSR count). The van der Waals surface area contributed by atoms with Crippen LogP contribution in [0, 0.1) is 0 Å². The molecular weight excluding hydrogens is 391 g/mol. The lowest BCUT2D eigenvalue weighted by Crippen LogP contribution is -2.27. The Hall–Kier alpha value is -3.96. The molecule has 29 heavy (non-hydrogen) atoms. The van der Waals surface area contributed by atoms with Gasteiger partial charge in [-0.05, 0) is 12.1 Å². The zero-order valence-corrected chi connectivity index (χ0v) is 14.7. The first-order valence-corrected chi connectivity index (χ1v) is 8.07. The van der Waals surface area contributed by atoms with Gasteiger partial charge in [-0.25, -0.2) is 9.97 Å². The molecule has 0 aliphatic carbocycles. The summed E-state index contributed by atoms with van der Waals surface area (Å²) in [7, 11) is 0. The molecule has 9 nitrogen and oxygen atoms in total. The number of nitrogen functional groups attached to an aromatic ring is 1. The summed E-state index contributed by atoms with van der Waals surface area (Å²) in [6.07, 6.45) is -0.669. The number of rotatable bonds is 6. The molecule has 150 valence electrons. The molecule has 1 aromatic carbocycles. The number of nitrogens with zero attached hydrogens (tertiary/aromatic N) is 5. The Labute approximate surface area is 162 Å². The summed E-state index contributed by atoms with van der Waals surface area (Å²) >= 11 is 0. The lowest BCUT2D eigenvalue weighted by Gasteiger charge is -2.14. The minimum Gasteiger partial charge on any atom is -0.405 e. The van der Waals surface area contributed by atoms with Crippen LogP contribution in [0.1, 0.15) is 21.7 Å². The van der Waals surface area contributed by atoms with Crippen LogP contribution >= 0.6 is 0 Å². The van der Waals surface area contributed by atoms with E-state index < -0.39 is 18.0 Å². The number of carbonyl (C=O) groups is 1. The Morgan fingerprint density at radius 2 is 1.93 bits per heavy atom. The highest BCUT2D eigenvalue weighted by molar-refractivity contribution is 5.96. The van der Waals surface area contributed by atoms with E-state index in [1.165, 1.54) is 36.7 Å². The smallest absolute Gasteiger partial charge is 0.405 e. The average Bonchev–Trinajstić information content (AvgIpc) is 3.20. The number of amides is 1. The van der Waals surface area contributed by atoms with E-state index in [4.69, 9.17) is 5.73 Å². The fraction of sp³-hybridized carbons (Fsp3) is 0.118. The molecule has 3 aromatic rings. The van der Waals surface area contributed by atoms with Crippen LogP contribution < -0.4 is 15.8 Å². The number of nitrogens with two attached hydrogens (primary N) is 1. The molecule has 1 amide bonds. The monoisotopic (exact) mass is 405 g/mol. The number of anilines is 1. The lowest BCUT2D eigenvalue weighted by atomic mass is 10.2. The number of benzene rings is 1. The van der Waals surface area contributed by atoms with Crippen LogP contribution in [0.3, 0.4) is 0 Å². The first-order chi connectivity index (χ1) is 13.8. The van der Waals surface area contributed by atoms with E-state index in [0.717, 1.165) is 10.9 Å².